The summed E-state index contributed by atoms with van der Waals surface area (Å²) < 4.78 is 18.2. The summed E-state index contributed by atoms with van der Waals surface area (Å²) in [6, 6.07) is 10.1. The third-order valence-electron chi connectivity index (χ3n) is 11.0. The first-order chi connectivity index (χ1) is 34.2. The normalized spacial score (nSPS) is 19.2. The van der Waals surface area contributed by atoms with E-state index in [1.165, 1.54) is 0 Å². The van der Waals surface area contributed by atoms with Crippen molar-refractivity contribution in [3.8, 4) is 30.3 Å². The first-order valence-electron chi connectivity index (χ1n) is 22.5. The number of ether oxygens (including phenoxy) is 3. The lowest BCUT2D eigenvalue weighted by molar-refractivity contribution is 0.0550. The SMILES string of the molecule is [C-]#[N+]C1=C(NCCOCCN(CCOCCNC2=C(C#N)C(=C(C#N)C#N)CC(SCCS)C2)CCOCCNC2=C([N+]#[C-])/C(=C(/C#N)[N+]#[C-])CC(SCCS)C2)CC(SCCS)C/C1=C(\C#N)[N+]#[C-]. The maximum atomic E-state index is 10.0. The maximum absolute atomic E-state index is 10.0. The lowest BCUT2D eigenvalue weighted by atomic mass is 9.88. The quantitative estimate of drug-likeness (QED) is 0.0180. The largest absolute Gasteiger partial charge is 0.395 e. The molecule has 0 aromatic heterocycles. The first kappa shape index (κ1) is 59.5. The fourth-order valence-electron chi connectivity index (χ4n) is 7.78. The van der Waals surface area contributed by atoms with Crippen molar-refractivity contribution in [1.82, 2.24) is 20.9 Å². The highest BCUT2D eigenvalue weighted by Gasteiger charge is 2.30. The maximum Gasteiger partial charge on any atom is 0.255 e. The van der Waals surface area contributed by atoms with Gasteiger partial charge in [-0.1, -0.05) is 0 Å². The van der Waals surface area contributed by atoms with E-state index in [-0.39, 0.29) is 32.7 Å². The smallest absolute Gasteiger partial charge is 0.255 e. The lowest BCUT2D eigenvalue weighted by Crippen LogP contribution is -2.35. The molecule has 0 saturated heterocycles. The van der Waals surface area contributed by atoms with Gasteiger partial charge in [0.25, 0.3) is 11.4 Å². The molecule has 0 bridgehead atoms. The van der Waals surface area contributed by atoms with Crippen molar-refractivity contribution in [2.24, 2.45) is 0 Å². The second-order valence-corrected chi connectivity index (χ2v) is 20.9. The molecule has 368 valence electrons. The molecule has 70 heavy (non-hydrogen) atoms. The van der Waals surface area contributed by atoms with Crippen molar-refractivity contribution < 1.29 is 14.2 Å². The van der Waals surface area contributed by atoms with Crippen molar-refractivity contribution in [3.05, 3.63) is 113 Å². The van der Waals surface area contributed by atoms with Crippen LogP contribution in [0.3, 0.4) is 0 Å². The zero-order valence-corrected chi connectivity index (χ0v) is 44.1. The number of rotatable bonds is 30. The van der Waals surface area contributed by atoms with E-state index in [9.17, 15) is 26.3 Å². The van der Waals surface area contributed by atoms with E-state index < -0.39 is 0 Å². The Balaban J connectivity index is 1.63. The fourth-order valence-corrected chi connectivity index (χ4v) is 11.8. The molecule has 0 heterocycles. The predicted octanol–water partition coefficient (Wildman–Crippen LogP) is 7.36. The third kappa shape index (κ3) is 19.4. The Morgan fingerprint density at radius 3 is 1.24 bits per heavy atom. The van der Waals surface area contributed by atoms with Crippen LogP contribution in [0.4, 0.5) is 0 Å². The molecule has 0 fully saturated rings. The van der Waals surface area contributed by atoms with Crippen LogP contribution in [0.25, 0.3) is 19.4 Å². The lowest BCUT2D eigenvalue weighted by Gasteiger charge is -2.28. The van der Waals surface area contributed by atoms with Gasteiger partial charge in [0.15, 0.2) is 11.4 Å². The molecule has 3 atom stereocenters. The zero-order chi connectivity index (χ0) is 50.9. The Bertz CT molecular complexity index is 2080. The molecule has 0 aromatic carbocycles. The summed E-state index contributed by atoms with van der Waals surface area (Å²) in [6.07, 6.45) is 3.24. The Hall–Kier alpha value is -4.81. The van der Waals surface area contributed by atoms with Crippen LogP contribution in [0.1, 0.15) is 38.5 Å². The van der Waals surface area contributed by atoms with Gasteiger partial charge in [0.2, 0.25) is 0 Å². The average molecular weight is 1060 g/mol. The van der Waals surface area contributed by atoms with Gasteiger partial charge in [-0.2, -0.15) is 89.0 Å². The Morgan fingerprint density at radius 2 is 0.914 bits per heavy atom. The molecule has 0 spiro atoms. The number of thioether (sulfide) groups is 3. The Labute approximate surface area is 443 Å². The predicted molar refractivity (Wildman–Crippen MR) is 288 cm³/mol. The minimum absolute atomic E-state index is 0.0469. The summed E-state index contributed by atoms with van der Waals surface area (Å²) in [5.41, 5.74) is 4.39. The highest BCUT2D eigenvalue weighted by Crippen LogP contribution is 2.40. The molecular weight excluding hydrogens is 999 g/mol. The van der Waals surface area contributed by atoms with E-state index >= 15 is 0 Å². The van der Waals surface area contributed by atoms with Crippen LogP contribution < -0.4 is 16.0 Å². The van der Waals surface area contributed by atoms with Gasteiger partial charge in [-0.3, -0.25) is 4.90 Å². The molecule has 0 radical (unpaired) electrons. The minimum Gasteiger partial charge on any atom is -0.395 e. The summed E-state index contributed by atoms with van der Waals surface area (Å²) in [5.74, 6) is 4.50. The molecule has 0 aliphatic heterocycles. The van der Waals surface area contributed by atoms with Crippen LogP contribution in [0.15, 0.2) is 67.7 Å². The van der Waals surface area contributed by atoms with Crippen LogP contribution in [0.5, 0.6) is 0 Å². The van der Waals surface area contributed by atoms with Crippen LogP contribution in [0, 0.1) is 82.9 Å². The van der Waals surface area contributed by atoms with Crippen molar-refractivity contribution >= 4 is 73.2 Å². The summed E-state index contributed by atoms with van der Waals surface area (Å²) >= 11 is 18.1. The summed E-state index contributed by atoms with van der Waals surface area (Å²) in [6.45, 7) is 35.9. The summed E-state index contributed by atoms with van der Waals surface area (Å²) in [4.78, 5) is 16.4. The summed E-state index contributed by atoms with van der Waals surface area (Å²) in [5, 5.41) is 58.9. The standard InChI is InChI=1S/C48H57N13O3S6/c1-54-45(32-52)39-24-36(69-21-18-66)27-43(47(39)56-3)59-6-12-63-15-9-61(8-14-62-11-5-58-42-26-35(68-20-17-65)23-38(41(42)31-51)34(29-49)30-50)10-16-64-13-7-60-44-28-37(70-22-19-67)25-40(48(44)57-4)46(33-53)55-2/h35-37,58-60,65-67H,5-28H2/b45-39-,46-40-. The molecular formula is C48H57N13O3S6. The Kier molecular flexibility index (Phi) is 30.0. The van der Waals surface area contributed by atoms with Gasteiger partial charge in [0.05, 0.1) is 83.6 Å². The second kappa shape index (κ2) is 35.3. The molecule has 3 unspecified atom stereocenters. The van der Waals surface area contributed by atoms with E-state index in [2.05, 4.69) is 84.2 Å². The molecule has 0 saturated carbocycles. The number of thiol groups is 3. The molecule has 16 nitrogen and oxygen atoms in total. The average Bonchev–Trinajstić information content (AvgIpc) is 3.38. The van der Waals surface area contributed by atoms with E-state index in [1.54, 1.807) is 35.3 Å². The number of nitrogens with zero attached hydrogens (tertiary/aromatic N) is 10. The molecule has 3 aliphatic rings. The molecule has 3 rings (SSSR count). The van der Waals surface area contributed by atoms with Gasteiger partial charge in [-0.15, -0.1) is 0 Å². The van der Waals surface area contributed by atoms with Crippen LogP contribution in [-0.4, -0.2) is 134 Å². The van der Waals surface area contributed by atoms with Gasteiger partial charge in [-0.25, -0.2) is 29.9 Å². The number of nitriles is 5. The minimum atomic E-state index is -0.0539. The van der Waals surface area contributed by atoms with Gasteiger partial charge in [0.1, 0.15) is 23.8 Å². The number of allylic oxidation sites excluding steroid dienone is 10. The monoisotopic (exact) mass is 1060 g/mol. The molecule has 22 heteroatoms. The topological polar surface area (TPSA) is 203 Å². The van der Waals surface area contributed by atoms with E-state index in [0.29, 0.717) is 185 Å². The molecule has 0 aromatic rings. The molecule has 3 N–H and O–H groups in total. The summed E-state index contributed by atoms with van der Waals surface area (Å²) in [7, 11) is 0. The van der Waals surface area contributed by atoms with E-state index in [0.717, 1.165) is 17.3 Å². The molecule has 3 aliphatic carbocycles. The van der Waals surface area contributed by atoms with E-state index in [1.807, 2.05) is 24.3 Å². The molecule has 0 amide bonds. The van der Waals surface area contributed by atoms with Gasteiger partial charge in [-0.05, 0) is 60.5 Å². The zero-order valence-electron chi connectivity index (χ0n) is 39.0. The van der Waals surface area contributed by atoms with Crippen molar-refractivity contribution in [1.29, 1.82) is 26.3 Å². The van der Waals surface area contributed by atoms with Crippen molar-refractivity contribution in [3.63, 3.8) is 0 Å². The third-order valence-corrected chi connectivity index (χ3v) is 16.3. The first-order valence-corrected chi connectivity index (χ1v) is 27.5. The van der Waals surface area contributed by atoms with Crippen LogP contribution in [-0.2, 0) is 14.2 Å². The van der Waals surface area contributed by atoms with E-state index in [4.69, 9.17) is 40.5 Å². The van der Waals surface area contributed by atoms with Crippen LogP contribution >= 0.6 is 73.2 Å². The second-order valence-electron chi connectivity index (χ2n) is 15.4. The van der Waals surface area contributed by atoms with Crippen molar-refractivity contribution in [2.45, 2.75) is 54.3 Å². The van der Waals surface area contributed by atoms with Crippen molar-refractivity contribution in [2.75, 3.05) is 113 Å². The Morgan fingerprint density at radius 1 is 0.543 bits per heavy atom. The number of hydrogen-bond donors (Lipinski definition) is 6. The van der Waals surface area contributed by atoms with Gasteiger partial charge in [0, 0.05) is 101 Å². The van der Waals surface area contributed by atoms with Gasteiger partial charge >= 0.3 is 0 Å². The number of hydrogen-bond acceptors (Lipinski definition) is 18. The fraction of sp³-hybridized carbons (Fsp3) is 0.562. The van der Waals surface area contributed by atoms with Gasteiger partial charge < -0.3 is 30.2 Å². The number of nitrogens with one attached hydrogen (secondary N) is 3. The highest BCUT2D eigenvalue weighted by molar-refractivity contribution is 8.01. The highest BCUT2D eigenvalue weighted by atomic mass is 32.2. The van der Waals surface area contributed by atoms with Crippen LogP contribution in [0.2, 0.25) is 0 Å².